The molecule has 0 amide bonds. The summed E-state index contributed by atoms with van der Waals surface area (Å²) in [5, 5.41) is 9.66. The van der Waals surface area contributed by atoms with E-state index in [2.05, 4.69) is 14.3 Å². The van der Waals surface area contributed by atoms with E-state index in [0.717, 1.165) is 32.1 Å². The third kappa shape index (κ3) is 3.36. The molecule has 0 aromatic carbocycles. The molecule has 1 aliphatic carbocycles. The minimum absolute atomic E-state index is 0.0681. The van der Waals surface area contributed by atoms with E-state index in [9.17, 15) is 23.1 Å². The molecule has 1 fully saturated rings. The second kappa shape index (κ2) is 7.16. The Kier molecular flexibility index (Phi) is 4.82. The number of hydrogen-bond donors (Lipinski definition) is 1. The van der Waals surface area contributed by atoms with Crippen LogP contribution in [-0.4, -0.2) is 24.0 Å². The van der Waals surface area contributed by atoms with Gasteiger partial charge in [0.15, 0.2) is 16.3 Å². The molecule has 0 saturated heterocycles. The average molecular weight is 410 g/mol. The Morgan fingerprint density at radius 2 is 2.00 bits per heavy atom. The number of aromatic hydroxyl groups is 1. The van der Waals surface area contributed by atoms with Crippen molar-refractivity contribution in [1.29, 1.82) is 0 Å². The van der Waals surface area contributed by atoms with Crippen LogP contribution >= 0.6 is 11.5 Å². The number of pyridine rings is 1. The van der Waals surface area contributed by atoms with E-state index >= 15 is 0 Å². The molecule has 3 aromatic heterocycles. The molecule has 0 radical (unpaired) electrons. The molecule has 28 heavy (non-hydrogen) atoms. The van der Waals surface area contributed by atoms with Crippen LogP contribution in [0.4, 0.5) is 13.2 Å². The van der Waals surface area contributed by atoms with Crippen LogP contribution < -0.4 is 5.56 Å². The standard InChI is InChI=1S/C18H17F3N4O2S/c19-18(20,21)14-12-16(28-24-14)23-15(13-11(26)7-4-8-22-13)25(17(12)27)9-10-5-2-1-3-6-10/h4,7-8,10,26H,1-3,5-6,9H2. The fraction of sp³-hybridized carbons (Fsp3) is 0.444. The summed E-state index contributed by atoms with van der Waals surface area (Å²) in [6.07, 6.45) is 1.64. The van der Waals surface area contributed by atoms with Crippen molar-refractivity contribution in [2.45, 2.75) is 44.8 Å². The fourth-order valence-electron chi connectivity index (χ4n) is 3.68. The van der Waals surface area contributed by atoms with Gasteiger partial charge in [-0.1, -0.05) is 19.3 Å². The first-order valence-corrected chi connectivity index (χ1v) is 9.75. The van der Waals surface area contributed by atoms with Gasteiger partial charge in [-0.3, -0.25) is 9.36 Å². The van der Waals surface area contributed by atoms with Gasteiger partial charge in [-0.2, -0.15) is 17.5 Å². The maximum absolute atomic E-state index is 13.3. The zero-order chi connectivity index (χ0) is 19.9. The Balaban J connectivity index is 1.95. The summed E-state index contributed by atoms with van der Waals surface area (Å²) >= 11 is 0.521. The van der Waals surface area contributed by atoms with Crippen molar-refractivity contribution in [3.8, 4) is 17.3 Å². The second-order valence-corrected chi connectivity index (χ2v) is 7.69. The van der Waals surface area contributed by atoms with Gasteiger partial charge in [0.05, 0.1) is 0 Å². The van der Waals surface area contributed by atoms with Crippen molar-refractivity contribution in [2.75, 3.05) is 0 Å². The molecule has 1 saturated carbocycles. The summed E-state index contributed by atoms with van der Waals surface area (Å²) in [5.41, 5.74) is -1.94. The van der Waals surface area contributed by atoms with E-state index in [4.69, 9.17) is 0 Å². The Morgan fingerprint density at radius 3 is 2.68 bits per heavy atom. The van der Waals surface area contributed by atoms with Crippen molar-refractivity contribution in [3.05, 3.63) is 34.4 Å². The molecule has 6 nitrogen and oxygen atoms in total. The van der Waals surface area contributed by atoms with Crippen LogP contribution in [0.2, 0.25) is 0 Å². The highest BCUT2D eigenvalue weighted by atomic mass is 32.1. The molecule has 0 spiro atoms. The van der Waals surface area contributed by atoms with Gasteiger partial charge < -0.3 is 5.11 Å². The number of nitrogens with zero attached hydrogens (tertiary/aromatic N) is 4. The van der Waals surface area contributed by atoms with Gasteiger partial charge in [-0.05, 0) is 42.4 Å². The minimum atomic E-state index is -4.74. The number of rotatable bonds is 3. The lowest BCUT2D eigenvalue weighted by molar-refractivity contribution is -0.139. The van der Waals surface area contributed by atoms with Gasteiger partial charge in [-0.15, -0.1) is 0 Å². The number of aromatic nitrogens is 4. The molecule has 3 heterocycles. The molecule has 1 N–H and O–H groups in total. The van der Waals surface area contributed by atoms with Crippen molar-refractivity contribution in [1.82, 2.24) is 18.9 Å². The van der Waals surface area contributed by atoms with Gasteiger partial charge >= 0.3 is 6.18 Å². The van der Waals surface area contributed by atoms with Crippen LogP contribution in [0.1, 0.15) is 37.8 Å². The summed E-state index contributed by atoms with van der Waals surface area (Å²) in [4.78, 5) is 21.4. The maximum atomic E-state index is 13.3. The van der Waals surface area contributed by atoms with E-state index < -0.39 is 22.8 Å². The normalized spacial score (nSPS) is 16.0. The van der Waals surface area contributed by atoms with Crippen LogP contribution in [-0.2, 0) is 12.7 Å². The topological polar surface area (TPSA) is 80.9 Å². The summed E-state index contributed by atoms with van der Waals surface area (Å²) in [6.45, 7) is 0.236. The summed E-state index contributed by atoms with van der Waals surface area (Å²) < 4.78 is 44.6. The third-order valence-corrected chi connectivity index (χ3v) is 5.77. The van der Waals surface area contributed by atoms with Crippen molar-refractivity contribution >= 4 is 21.7 Å². The Bertz CT molecular complexity index is 1070. The van der Waals surface area contributed by atoms with Crippen molar-refractivity contribution < 1.29 is 18.3 Å². The maximum Gasteiger partial charge on any atom is 0.435 e. The molecule has 4 rings (SSSR count). The summed E-state index contributed by atoms with van der Waals surface area (Å²) in [6, 6.07) is 2.92. The molecule has 0 aliphatic heterocycles. The van der Waals surface area contributed by atoms with E-state index in [1.165, 1.54) is 22.9 Å². The first-order valence-electron chi connectivity index (χ1n) is 8.98. The molecule has 148 valence electrons. The first kappa shape index (κ1) is 18.9. The second-order valence-electron chi connectivity index (χ2n) is 6.94. The van der Waals surface area contributed by atoms with E-state index in [1.54, 1.807) is 0 Å². The molecule has 1 aliphatic rings. The van der Waals surface area contributed by atoms with Crippen LogP contribution in [0, 0.1) is 5.92 Å². The zero-order valence-electron chi connectivity index (χ0n) is 14.7. The van der Waals surface area contributed by atoms with Crippen LogP contribution in [0.25, 0.3) is 21.7 Å². The van der Waals surface area contributed by atoms with Crippen molar-refractivity contribution in [3.63, 3.8) is 0 Å². The summed E-state index contributed by atoms with van der Waals surface area (Å²) in [5.74, 6) is 0.0430. The van der Waals surface area contributed by atoms with Gasteiger partial charge in [-0.25, -0.2) is 9.97 Å². The molecular formula is C18H17F3N4O2S. The Labute approximate surface area is 161 Å². The van der Waals surface area contributed by atoms with E-state index in [1.807, 2.05) is 0 Å². The lowest BCUT2D eigenvalue weighted by atomic mass is 9.89. The van der Waals surface area contributed by atoms with Crippen molar-refractivity contribution in [2.24, 2.45) is 5.92 Å². The summed E-state index contributed by atoms with van der Waals surface area (Å²) in [7, 11) is 0. The molecule has 0 unspecified atom stereocenters. The predicted molar refractivity (Wildman–Crippen MR) is 98.1 cm³/mol. The van der Waals surface area contributed by atoms with E-state index in [-0.39, 0.29) is 34.6 Å². The quantitative estimate of drug-likeness (QED) is 0.699. The van der Waals surface area contributed by atoms with Crippen LogP contribution in [0.5, 0.6) is 5.75 Å². The third-order valence-electron chi connectivity index (χ3n) is 5.03. The molecule has 0 atom stereocenters. The zero-order valence-corrected chi connectivity index (χ0v) is 15.6. The van der Waals surface area contributed by atoms with Crippen LogP contribution in [0.15, 0.2) is 23.1 Å². The lowest BCUT2D eigenvalue weighted by Crippen LogP contribution is -2.28. The molecular weight excluding hydrogens is 393 g/mol. The van der Waals surface area contributed by atoms with Crippen LogP contribution in [0.3, 0.4) is 0 Å². The Hall–Kier alpha value is -2.49. The van der Waals surface area contributed by atoms with Gasteiger partial charge in [0.2, 0.25) is 0 Å². The minimum Gasteiger partial charge on any atom is -0.506 e. The number of alkyl halides is 3. The average Bonchev–Trinajstić information content (AvgIpc) is 3.10. The van der Waals surface area contributed by atoms with Gasteiger partial charge in [0.25, 0.3) is 5.56 Å². The number of fused-ring (bicyclic) bond motifs is 1. The highest BCUT2D eigenvalue weighted by Crippen LogP contribution is 2.35. The Morgan fingerprint density at radius 1 is 1.25 bits per heavy atom. The number of hydrogen-bond acceptors (Lipinski definition) is 6. The highest BCUT2D eigenvalue weighted by molar-refractivity contribution is 7.12. The molecule has 0 bridgehead atoms. The smallest absolute Gasteiger partial charge is 0.435 e. The monoisotopic (exact) mass is 410 g/mol. The molecule has 3 aromatic rings. The van der Waals surface area contributed by atoms with Gasteiger partial charge in [0.1, 0.15) is 16.8 Å². The first-order chi connectivity index (χ1) is 13.4. The lowest BCUT2D eigenvalue weighted by Gasteiger charge is -2.23. The van der Waals surface area contributed by atoms with E-state index in [0.29, 0.717) is 11.5 Å². The number of halogens is 3. The SMILES string of the molecule is O=c1c2c(C(F)(F)F)nsc2nc(-c2ncccc2O)n1CC1CCCCC1. The molecule has 10 heteroatoms. The fourth-order valence-corrected chi connectivity index (χ4v) is 4.45. The largest absolute Gasteiger partial charge is 0.506 e. The highest BCUT2D eigenvalue weighted by Gasteiger charge is 2.38. The predicted octanol–water partition coefficient (Wildman–Crippen LogP) is 4.22. The van der Waals surface area contributed by atoms with Gasteiger partial charge in [0, 0.05) is 12.7 Å².